The Labute approximate surface area is 480 Å². The molecule has 0 fully saturated rings. The molecule has 0 radical (unpaired) electrons. The van der Waals surface area contributed by atoms with E-state index in [-0.39, 0.29) is 0 Å². The zero-order chi connectivity index (χ0) is 55.6. The van der Waals surface area contributed by atoms with E-state index in [0.717, 1.165) is 142 Å². The first-order chi connectivity index (χ1) is 40.4. The van der Waals surface area contributed by atoms with Crippen molar-refractivity contribution in [1.82, 2.24) is 20.9 Å². The molecule has 82 heavy (non-hydrogen) atoms. The highest BCUT2D eigenvalue weighted by Crippen LogP contribution is 2.42. The molecule has 13 heteroatoms. The zero-order valence-corrected chi connectivity index (χ0v) is 47.2. The molecule has 0 aromatic heterocycles. The van der Waals surface area contributed by atoms with E-state index >= 15 is 0 Å². The summed E-state index contributed by atoms with van der Waals surface area (Å²) in [6.07, 6.45) is 1.80. The second-order valence-electron chi connectivity index (χ2n) is 21.2. The monoisotopic (exact) mass is 1100 g/mol. The summed E-state index contributed by atoms with van der Waals surface area (Å²) in [5.41, 5.74) is 10.2. The minimum absolute atomic E-state index is 0.307. The normalized spacial score (nSPS) is 16.0. The quantitative estimate of drug-likeness (QED) is 0.156. The van der Waals surface area contributed by atoms with Gasteiger partial charge in [-0.25, -0.2) is 0 Å². The molecule has 15 aliphatic heterocycles. The van der Waals surface area contributed by atoms with Gasteiger partial charge in [0.15, 0.2) is 34.5 Å². The number of ether oxygens (including phenoxy) is 9. The molecular weight excluding hydrogens is 1030 g/mol. The van der Waals surface area contributed by atoms with Gasteiger partial charge in [-0.1, -0.05) is 72.8 Å². The number of hydrogen-bond donors (Lipinski definition) is 3. The maximum Gasteiger partial charge on any atom is 0.161 e. The molecule has 1 aliphatic carbocycles. The summed E-state index contributed by atoms with van der Waals surface area (Å²) in [5.74, 6) is 6.30. The molecule has 9 aromatic rings. The number of nitrogens with one attached hydrogen (secondary N) is 3. The number of nitrogens with zero attached hydrogens (tertiary/aromatic N) is 1. The molecule has 9 aromatic carbocycles. The van der Waals surface area contributed by atoms with E-state index in [4.69, 9.17) is 42.6 Å². The summed E-state index contributed by atoms with van der Waals surface area (Å²) < 4.78 is 57.5. The maximum atomic E-state index is 6.59. The van der Waals surface area contributed by atoms with Crippen molar-refractivity contribution in [3.63, 3.8) is 0 Å². The Bertz CT molecular complexity index is 3340. The summed E-state index contributed by atoms with van der Waals surface area (Å²) in [4.78, 5) is 2.54. The molecule has 22 bridgehead atoms. The number of benzene rings is 9. The Hall–Kier alpha value is -8.20. The number of rotatable bonds is 3. The molecule has 0 saturated carbocycles. The highest BCUT2D eigenvalue weighted by Gasteiger charge is 2.23. The number of methoxy groups -OCH3 is 3. The average Bonchev–Trinajstić information content (AvgIpc) is 3.73. The van der Waals surface area contributed by atoms with Gasteiger partial charge in [0.25, 0.3) is 0 Å². The summed E-state index contributed by atoms with van der Waals surface area (Å²) >= 11 is 0. The van der Waals surface area contributed by atoms with E-state index in [0.29, 0.717) is 93.4 Å². The van der Waals surface area contributed by atoms with E-state index < -0.39 is 0 Å². The molecule has 15 heterocycles. The van der Waals surface area contributed by atoms with E-state index in [1.807, 2.05) is 18.2 Å². The summed E-state index contributed by atoms with van der Waals surface area (Å²) in [6, 6.07) is 51.3. The Morgan fingerprint density at radius 3 is 0.927 bits per heavy atom. The predicted molar refractivity (Wildman–Crippen MR) is 324 cm³/mol. The Balaban J connectivity index is 0.924. The third-order valence-electron chi connectivity index (χ3n) is 15.9. The summed E-state index contributed by atoms with van der Waals surface area (Å²) in [5, 5.41) is 17.8. The molecule has 13 nitrogen and oxygen atoms in total. The van der Waals surface area contributed by atoms with Gasteiger partial charge in [-0.2, -0.15) is 0 Å². The second kappa shape index (κ2) is 25.7. The van der Waals surface area contributed by atoms with Crippen molar-refractivity contribution in [1.29, 1.82) is 0 Å². The Morgan fingerprint density at radius 1 is 0.329 bits per heavy atom. The molecule has 0 unspecified atom stereocenters. The van der Waals surface area contributed by atoms with Crippen LogP contribution >= 0.6 is 0 Å². The predicted octanol–water partition coefficient (Wildman–Crippen LogP) is 11.2. The van der Waals surface area contributed by atoms with Gasteiger partial charge in [-0.05, 0) is 158 Å². The van der Waals surface area contributed by atoms with E-state index in [1.165, 1.54) is 16.7 Å². The molecule has 3 N–H and O–H groups in total. The number of fused-ring (bicyclic) bond motifs is 1. The molecular formula is C69H72N4O9. The van der Waals surface area contributed by atoms with Gasteiger partial charge >= 0.3 is 0 Å². The summed E-state index contributed by atoms with van der Waals surface area (Å²) in [7, 11) is 5.07. The van der Waals surface area contributed by atoms with E-state index in [9.17, 15) is 0 Å². The average molecular weight is 1100 g/mol. The van der Waals surface area contributed by atoms with Crippen molar-refractivity contribution in [2.75, 3.05) is 100 Å². The van der Waals surface area contributed by atoms with Crippen LogP contribution in [0.3, 0.4) is 0 Å². The van der Waals surface area contributed by atoms with Gasteiger partial charge in [0.05, 0.1) is 21.3 Å². The van der Waals surface area contributed by atoms with Gasteiger partial charge in [0.1, 0.15) is 56.9 Å². The van der Waals surface area contributed by atoms with Crippen LogP contribution in [0.25, 0.3) is 32.3 Å². The fraction of sp³-hybridized carbons (Fsp3) is 0.304. The highest BCUT2D eigenvalue weighted by molar-refractivity contribution is 5.90. The third-order valence-corrected chi connectivity index (χ3v) is 15.9. The molecule has 25 rings (SSSR count). The van der Waals surface area contributed by atoms with Crippen molar-refractivity contribution in [3.8, 4) is 51.7 Å². The van der Waals surface area contributed by atoms with Gasteiger partial charge < -0.3 is 58.6 Å². The van der Waals surface area contributed by atoms with Crippen LogP contribution in [0.1, 0.15) is 50.1 Å². The fourth-order valence-corrected chi connectivity index (χ4v) is 11.6. The smallest absolute Gasteiger partial charge is 0.161 e. The first-order valence-electron chi connectivity index (χ1n) is 28.7. The van der Waals surface area contributed by atoms with Crippen LogP contribution in [-0.2, 0) is 38.9 Å². The standard InChI is InChI=1S/C69H72N4O9/c1-74-64-37-52-34-56-41-68-66(76-3)39-54(56)36-57-42-69-65(75-2)38-53(57)35-55(52)40-67(64)80-28-25-77-61-10-4-7-49-31-46(13-16-58(49)61)43-70-19-22-73(23-20-71-44-47-14-17-59-50(32-47)8-5-11-62(59)78-26-29-81-68)24-21-72-45-48-15-18-60-51(33-48)9-6-12-63(60)79-27-30-82-69/h4-18,31-33,37-42,70-72H,19-30,34-36,43-45H2,1-3H3. The molecule has 0 spiro atoms. The largest absolute Gasteiger partial charge is 0.493 e. The van der Waals surface area contributed by atoms with Crippen LogP contribution in [0.5, 0.6) is 51.7 Å². The minimum Gasteiger partial charge on any atom is -0.493 e. The van der Waals surface area contributed by atoms with Crippen LogP contribution in [0, 0.1) is 0 Å². The van der Waals surface area contributed by atoms with Gasteiger partial charge in [0.2, 0.25) is 0 Å². The van der Waals surface area contributed by atoms with Crippen LogP contribution in [0.2, 0.25) is 0 Å². The van der Waals surface area contributed by atoms with Crippen LogP contribution in [0.15, 0.2) is 146 Å². The molecule has 16 aliphatic rings. The second-order valence-corrected chi connectivity index (χ2v) is 21.2. The third kappa shape index (κ3) is 12.6. The first-order valence-corrected chi connectivity index (χ1v) is 28.7. The van der Waals surface area contributed by atoms with E-state index in [2.05, 4.69) is 148 Å². The molecule has 0 amide bonds. The van der Waals surface area contributed by atoms with Crippen LogP contribution in [0.4, 0.5) is 0 Å². The Morgan fingerprint density at radius 2 is 0.622 bits per heavy atom. The van der Waals surface area contributed by atoms with Gasteiger partial charge in [0, 0.05) is 75.1 Å². The molecule has 0 saturated heterocycles. The van der Waals surface area contributed by atoms with Crippen molar-refractivity contribution in [2.45, 2.75) is 38.9 Å². The lowest BCUT2D eigenvalue weighted by molar-refractivity contribution is 0.212. The SMILES string of the molecule is COc1cc2c3cc1OCCOc1cccc4cc(ccc14)CNCCN1CCNCc4ccc5c(cccc5c4)OCCOc4cc(c(cc4OC)C3)Cc3cc(OC)c(cc3C2)OCCOc2cccc3cc(ccc23)CNCC1. The van der Waals surface area contributed by atoms with Crippen LogP contribution in [-0.4, -0.2) is 105 Å². The Kier molecular flexibility index (Phi) is 17.1. The minimum atomic E-state index is 0.307. The number of hydrogen-bond acceptors (Lipinski definition) is 13. The van der Waals surface area contributed by atoms with Crippen LogP contribution < -0.4 is 58.6 Å². The lowest BCUT2D eigenvalue weighted by Crippen LogP contribution is -2.40. The van der Waals surface area contributed by atoms with Crippen molar-refractivity contribution in [2.24, 2.45) is 0 Å². The maximum absolute atomic E-state index is 6.59. The topological polar surface area (TPSA) is 122 Å². The first kappa shape index (κ1) is 54.4. The fourth-order valence-electron chi connectivity index (χ4n) is 11.6. The van der Waals surface area contributed by atoms with Crippen molar-refractivity contribution < 1.29 is 42.6 Å². The van der Waals surface area contributed by atoms with Gasteiger partial charge in [-0.15, -0.1) is 0 Å². The molecule has 0 atom stereocenters. The lowest BCUT2D eigenvalue weighted by Gasteiger charge is -2.23. The molecule has 422 valence electrons. The zero-order valence-electron chi connectivity index (χ0n) is 47.2. The van der Waals surface area contributed by atoms with E-state index in [1.54, 1.807) is 21.3 Å². The van der Waals surface area contributed by atoms with Crippen molar-refractivity contribution >= 4 is 32.3 Å². The summed E-state index contributed by atoms with van der Waals surface area (Å²) in [6.45, 7) is 9.48. The van der Waals surface area contributed by atoms with Gasteiger partial charge in [-0.3, -0.25) is 4.90 Å². The lowest BCUT2D eigenvalue weighted by atomic mass is 9.94. The van der Waals surface area contributed by atoms with Crippen molar-refractivity contribution in [3.05, 3.63) is 196 Å². The highest BCUT2D eigenvalue weighted by atomic mass is 16.6.